The molecule has 1 aromatic heterocycles. The number of anilines is 1. The van der Waals surface area contributed by atoms with Crippen molar-refractivity contribution in [2.75, 3.05) is 4.72 Å². The molecule has 0 atom stereocenters. The van der Waals surface area contributed by atoms with Crippen molar-refractivity contribution in [2.24, 2.45) is 5.84 Å². The number of carbonyl (C=O) groups is 1. The third-order valence-electron chi connectivity index (χ3n) is 2.36. The Labute approximate surface area is 124 Å². The van der Waals surface area contributed by atoms with E-state index in [9.17, 15) is 13.2 Å². The second-order valence-electron chi connectivity index (χ2n) is 3.70. The fourth-order valence-electron chi connectivity index (χ4n) is 1.49. The Kier molecular flexibility index (Phi) is 4.29. The molecule has 0 aliphatic carbocycles. The molecule has 0 unspecified atom stereocenters. The smallest absolute Gasteiger partial charge is 0.271 e. The Morgan fingerprint density at radius 2 is 2.05 bits per heavy atom. The molecule has 0 fully saturated rings. The van der Waals surface area contributed by atoms with E-state index in [4.69, 9.17) is 17.4 Å². The van der Waals surface area contributed by atoms with E-state index in [1.54, 1.807) is 11.4 Å². The number of thiophene rings is 1. The summed E-state index contributed by atoms with van der Waals surface area (Å²) in [4.78, 5) is 11.6. The second-order valence-corrected chi connectivity index (χ2v) is 6.99. The van der Waals surface area contributed by atoms with Gasteiger partial charge in [-0.1, -0.05) is 17.7 Å². The van der Waals surface area contributed by atoms with Crippen LogP contribution in [0.15, 0.2) is 39.9 Å². The number of hydrazine groups is 1. The van der Waals surface area contributed by atoms with Crippen LogP contribution in [-0.2, 0) is 10.0 Å². The highest BCUT2D eigenvalue weighted by atomic mass is 35.5. The number of halogens is 1. The summed E-state index contributed by atoms with van der Waals surface area (Å²) in [6.45, 7) is 0. The van der Waals surface area contributed by atoms with E-state index in [2.05, 4.69) is 4.72 Å². The van der Waals surface area contributed by atoms with Gasteiger partial charge in [0.25, 0.3) is 15.9 Å². The molecule has 0 bridgehead atoms. The molecule has 2 rings (SSSR count). The minimum Gasteiger partial charge on any atom is -0.290 e. The molecular weight excluding hydrogens is 322 g/mol. The summed E-state index contributed by atoms with van der Waals surface area (Å²) in [5.41, 5.74) is 2.09. The van der Waals surface area contributed by atoms with Gasteiger partial charge in [-0.25, -0.2) is 14.3 Å². The van der Waals surface area contributed by atoms with E-state index in [1.807, 2.05) is 5.43 Å². The fraction of sp³-hybridized carbons (Fsp3) is 0. The van der Waals surface area contributed by atoms with Gasteiger partial charge in [-0.15, -0.1) is 11.3 Å². The molecule has 20 heavy (non-hydrogen) atoms. The molecule has 4 N–H and O–H groups in total. The number of rotatable bonds is 4. The lowest BCUT2D eigenvalue weighted by Gasteiger charge is -2.11. The number of hydrogen-bond donors (Lipinski definition) is 3. The van der Waals surface area contributed by atoms with Crippen LogP contribution in [0.1, 0.15) is 10.4 Å². The van der Waals surface area contributed by atoms with Crippen LogP contribution in [0.2, 0.25) is 5.02 Å². The summed E-state index contributed by atoms with van der Waals surface area (Å²) in [5.74, 6) is 4.44. The van der Waals surface area contributed by atoms with E-state index in [0.717, 1.165) is 11.3 Å². The van der Waals surface area contributed by atoms with Crippen LogP contribution in [0.4, 0.5) is 5.69 Å². The molecule has 1 aromatic carbocycles. The Bertz CT molecular complexity index is 729. The normalized spacial score (nSPS) is 11.1. The first kappa shape index (κ1) is 14.8. The average Bonchev–Trinajstić information content (AvgIpc) is 2.92. The summed E-state index contributed by atoms with van der Waals surface area (Å²) in [5, 5.41) is 1.93. The maximum absolute atomic E-state index is 12.1. The van der Waals surface area contributed by atoms with Crippen LogP contribution in [0.25, 0.3) is 0 Å². The lowest BCUT2D eigenvalue weighted by molar-refractivity contribution is 0.0954. The minimum absolute atomic E-state index is 0.0638. The average molecular weight is 332 g/mol. The Balaban J connectivity index is 2.43. The van der Waals surface area contributed by atoms with Crippen LogP contribution in [0.3, 0.4) is 0 Å². The summed E-state index contributed by atoms with van der Waals surface area (Å²) in [7, 11) is -3.76. The van der Waals surface area contributed by atoms with Crippen LogP contribution in [-0.4, -0.2) is 14.3 Å². The topological polar surface area (TPSA) is 101 Å². The van der Waals surface area contributed by atoms with Crippen LogP contribution in [0, 0.1) is 0 Å². The minimum atomic E-state index is -3.76. The number of nitrogens with two attached hydrogens (primary N) is 1. The SMILES string of the molecule is NNC(=O)c1ccc(Cl)cc1NS(=O)(=O)c1cccs1. The monoisotopic (exact) mass is 331 g/mol. The van der Waals surface area contributed by atoms with Crippen molar-refractivity contribution in [2.45, 2.75) is 4.21 Å². The number of nitrogen functional groups attached to an aromatic ring is 1. The predicted octanol–water partition coefficient (Wildman–Crippen LogP) is 1.81. The molecule has 0 aliphatic heterocycles. The zero-order valence-electron chi connectivity index (χ0n) is 9.96. The maximum atomic E-state index is 12.1. The summed E-state index contributed by atoms with van der Waals surface area (Å²) in [6, 6.07) is 7.27. The van der Waals surface area contributed by atoms with Crippen molar-refractivity contribution < 1.29 is 13.2 Å². The highest BCUT2D eigenvalue weighted by molar-refractivity contribution is 7.94. The zero-order chi connectivity index (χ0) is 14.8. The van der Waals surface area contributed by atoms with Gasteiger partial charge in [0.2, 0.25) is 0 Å². The van der Waals surface area contributed by atoms with Gasteiger partial charge in [0.1, 0.15) is 4.21 Å². The Morgan fingerprint density at radius 1 is 1.30 bits per heavy atom. The summed E-state index contributed by atoms with van der Waals surface area (Å²) < 4.78 is 26.7. The Hall–Kier alpha value is -1.61. The van der Waals surface area contributed by atoms with Crippen molar-refractivity contribution in [1.82, 2.24) is 5.43 Å². The first-order valence-corrected chi connectivity index (χ1v) is 8.05. The largest absolute Gasteiger partial charge is 0.290 e. The molecule has 0 aliphatic rings. The second kappa shape index (κ2) is 5.80. The number of sulfonamides is 1. The van der Waals surface area contributed by atoms with Crippen molar-refractivity contribution in [1.29, 1.82) is 0 Å². The molecular formula is C11H10ClN3O3S2. The quantitative estimate of drug-likeness (QED) is 0.451. The highest BCUT2D eigenvalue weighted by Crippen LogP contribution is 2.25. The van der Waals surface area contributed by atoms with Crippen molar-refractivity contribution in [3.05, 3.63) is 46.3 Å². The van der Waals surface area contributed by atoms with Crippen molar-refractivity contribution in [3.8, 4) is 0 Å². The lowest BCUT2D eigenvalue weighted by Crippen LogP contribution is -2.31. The van der Waals surface area contributed by atoms with Gasteiger partial charge in [0.05, 0.1) is 11.3 Å². The molecule has 1 heterocycles. The van der Waals surface area contributed by atoms with Gasteiger partial charge in [0.15, 0.2) is 0 Å². The molecule has 0 spiro atoms. The number of hydrogen-bond acceptors (Lipinski definition) is 5. The van der Waals surface area contributed by atoms with E-state index < -0.39 is 15.9 Å². The molecule has 6 nitrogen and oxygen atoms in total. The van der Waals surface area contributed by atoms with Crippen LogP contribution in [0.5, 0.6) is 0 Å². The molecule has 0 saturated heterocycles. The van der Waals surface area contributed by atoms with Gasteiger partial charge in [-0.05, 0) is 29.6 Å². The Morgan fingerprint density at radius 3 is 2.65 bits per heavy atom. The molecule has 1 amide bonds. The van der Waals surface area contributed by atoms with Crippen molar-refractivity contribution in [3.63, 3.8) is 0 Å². The van der Waals surface area contributed by atoms with Crippen LogP contribution >= 0.6 is 22.9 Å². The number of nitrogens with one attached hydrogen (secondary N) is 2. The molecule has 0 saturated carbocycles. The number of benzene rings is 1. The van der Waals surface area contributed by atoms with Gasteiger partial charge in [-0.3, -0.25) is 14.9 Å². The van der Waals surface area contributed by atoms with E-state index in [-0.39, 0.29) is 15.5 Å². The third-order valence-corrected chi connectivity index (χ3v) is 5.36. The van der Waals surface area contributed by atoms with Gasteiger partial charge in [0, 0.05) is 5.02 Å². The van der Waals surface area contributed by atoms with E-state index in [1.165, 1.54) is 24.3 Å². The summed E-state index contributed by atoms with van der Waals surface area (Å²) >= 11 is 6.89. The number of carbonyl (C=O) groups excluding carboxylic acids is 1. The molecule has 0 radical (unpaired) electrons. The van der Waals surface area contributed by atoms with E-state index in [0.29, 0.717) is 5.02 Å². The maximum Gasteiger partial charge on any atom is 0.271 e. The van der Waals surface area contributed by atoms with E-state index >= 15 is 0 Å². The zero-order valence-corrected chi connectivity index (χ0v) is 12.3. The molecule has 106 valence electrons. The molecule has 2 aromatic rings. The first-order chi connectivity index (χ1) is 9.44. The van der Waals surface area contributed by atoms with Crippen molar-refractivity contribution >= 4 is 44.6 Å². The number of amides is 1. The third kappa shape index (κ3) is 3.10. The van der Waals surface area contributed by atoms with Gasteiger partial charge in [-0.2, -0.15) is 0 Å². The standard InChI is InChI=1S/C11H10ClN3O3S2/c12-7-3-4-8(11(16)14-13)9(6-7)15-20(17,18)10-2-1-5-19-10/h1-6,15H,13H2,(H,14,16). The fourth-order valence-corrected chi connectivity index (χ4v) is 3.72. The van der Waals surface area contributed by atoms with Gasteiger partial charge >= 0.3 is 0 Å². The molecule has 9 heteroatoms. The summed E-state index contributed by atoms with van der Waals surface area (Å²) in [6.07, 6.45) is 0. The predicted molar refractivity (Wildman–Crippen MR) is 78.2 cm³/mol. The lowest BCUT2D eigenvalue weighted by atomic mass is 10.2. The first-order valence-electron chi connectivity index (χ1n) is 5.31. The van der Waals surface area contributed by atoms with Crippen LogP contribution < -0.4 is 16.0 Å². The highest BCUT2D eigenvalue weighted by Gasteiger charge is 2.19. The van der Waals surface area contributed by atoms with Gasteiger partial charge < -0.3 is 0 Å².